The molecule has 130 valence electrons. The molecule has 4 rings (SSSR count). The minimum absolute atomic E-state index is 0.0169. The van der Waals surface area contributed by atoms with Gasteiger partial charge in [0, 0.05) is 24.9 Å². The van der Waals surface area contributed by atoms with Gasteiger partial charge in [-0.3, -0.25) is 4.79 Å². The number of carbonyl (C=O) groups excluding carboxylic acids is 1. The smallest absolute Gasteiger partial charge is 0.227 e. The van der Waals surface area contributed by atoms with Gasteiger partial charge in [0.1, 0.15) is 5.82 Å². The summed E-state index contributed by atoms with van der Waals surface area (Å²) in [6.07, 6.45) is 2.30. The van der Waals surface area contributed by atoms with E-state index in [0.717, 1.165) is 23.6 Å². The predicted molar refractivity (Wildman–Crippen MR) is 98.6 cm³/mol. The van der Waals surface area contributed by atoms with Crippen molar-refractivity contribution in [2.45, 2.75) is 32.5 Å². The first-order chi connectivity index (χ1) is 12.2. The van der Waals surface area contributed by atoms with Crippen molar-refractivity contribution in [1.29, 1.82) is 0 Å². The van der Waals surface area contributed by atoms with Crippen LogP contribution in [0.25, 0.3) is 10.1 Å². The fourth-order valence-electron chi connectivity index (χ4n) is 3.60. The Labute approximate surface area is 150 Å². The number of ether oxygens (including phenoxy) is 1. The van der Waals surface area contributed by atoms with E-state index < -0.39 is 0 Å². The van der Waals surface area contributed by atoms with Gasteiger partial charge in [-0.1, -0.05) is 18.2 Å². The molecule has 0 N–H and O–H groups in total. The minimum Gasteiger partial charge on any atom is -0.378 e. The van der Waals surface area contributed by atoms with Gasteiger partial charge < -0.3 is 14.2 Å². The van der Waals surface area contributed by atoms with E-state index in [4.69, 9.17) is 4.74 Å². The summed E-state index contributed by atoms with van der Waals surface area (Å²) in [5.74, 6) is 1.11. The van der Waals surface area contributed by atoms with E-state index in [2.05, 4.69) is 34.0 Å². The van der Waals surface area contributed by atoms with E-state index in [1.807, 2.05) is 23.2 Å². The summed E-state index contributed by atoms with van der Waals surface area (Å²) in [5, 5.41) is 3.30. The van der Waals surface area contributed by atoms with Crippen LogP contribution in [0.4, 0.5) is 0 Å². The minimum atomic E-state index is -0.0169. The third kappa shape index (κ3) is 2.85. The third-order valence-corrected chi connectivity index (χ3v) is 5.90. The number of rotatable bonds is 4. The number of benzene rings is 1. The highest BCUT2D eigenvalue weighted by atomic mass is 32.1. The number of hydrogen-bond acceptors (Lipinski definition) is 4. The van der Waals surface area contributed by atoms with Crippen LogP contribution < -0.4 is 0 Å². The first-order valence-corrected chi connectivity index (χ1v) is 9.35. The third-order valence-electron chi connectivity index (χ3n) is 4.89. The van der Waals surface area contributed by atoms with Crippen molar-refractivity contribution < 1.29 is 9.53 Å². The van der Waals surface area contributed by atoms with Crippen molar-refractivity contribution in [3.8, 4) is 0 Å². The lowest BCUT2D eigenvalue weighted by molar-refractivity contribution is -0.133. The van der Waals surface area contributed by atoms with Crippen molar-refractivity contribution in [3.63, 3.8) is 0 Å². The summed E-state index contributed by atoms with van der Waals surface area (Å²) in [5.41, 5.74) is 2.19. The molecule has 0 fully saturated rings. The Balaban J connectivity index is 1.54. The molecule has 3 heterocycles. The molecule has 1 aliphatic heterocycles. The fourth-order valence-corrected chi connectivity index (χ4v) is 4.56. The summed E-state index contributed by atoms with van der Waals surface area (Å²) >= 11 is 1.70. The highest BCUT2D eigenvalue weighted by Gasteiger charge is 2.30. The Kier molecular flexibility index (Phi) is 4.31. The standard InChI is InChI=1S/C19H21N3O2S/c1-13-19-20-10-15(11-24-2)22(19)8-7-21(13)18(23)9-14-12-25-17-6-4-3-5-16(14)17/h3-6,10,12-13H,7-9,11H2,1-2H3/t13-/m1/s1. The molecule has 0 aliphatic carbocycles. The summed E-state index contributed by atoms with van der Waals surface area (Å²) in [6.45, 7) is 4.09. The molecule has 1 aromatic carbocycles. The van der Waals surface area contributed by atoms with Crippen molar-refractivity contribution in [2.75, 3.05) is 13.7 Å². The van der Waals surface area contributed by atoms with Gasteiger partial charge in [-0.25, -0.2) is 4.98 Å². The maximum Gasteiger partial charge on any atom is 0.227 e. The number of carbonyl (C=O) groups is 1. The number of thiophene rings is 1. The normalized spacial score (nSPS) is 17.0. The van der Waals surface area contributed by atoms with E-state index >= 15 is 0 Å². The zero-order valence-electron chi connectivity index (χ0n) is 14.4. The van der Waals surface area contributed by atoms with Crippen molar-refractivity contribution >= 4 is 27.3 Å². The van der Waals surface area contributed by atoms with E-state index in [0.29, 0.717) is 19.6 Å². The van der Waals surface area contributed by atoms with Crippen LogP contribution in [0.3, 0.4) is 0 Å². The lowest BCUT2D eigenvalue weighted by atomic mass is 10.1. The highest BCUT2D eigenvalue weighted by Crippen LogP contribution is 2.29. The first-order valence-electron chi connectivity index (χ1n) is 8.47. The van der Waals surface area contributed by atoms with Gasteiger partial charge in [0.15, 0.2) is 0 Å². The van der Waals surface area contributed by atoms with Gasteiger partial charge in [-0.05, 0) is 29.3 Å². The number of nitrogens with zero attached hydrogens (tertiary/aromatic N) is 3. The molecule has 3 aromatic rings. The molecule has 0 spiro atoms. The van der Waals surface area contributed by atoms with Crippen LogP contribution in [0.5, 0.6) is 0 Å². The lowest BCUT2D eigenvalue weighted by Gasteiger charge is -2.34. The molecule has 0 saturated carbocycles. The Bertz CT molecular complexity index is 914. The Morgan fingerprint density at radius 2 is 2.20 bits per heavy atom. The van der Waals surface area contributed by atoms with Gasteiger partial charge in [-0.15, -0.1) is 11.3 Å². The number of hydrogen-bond donors (Lipinski definition) is 0. The van der Waals surface area contributed by atoms with Crippen LogP contribution in [0, 0.1) is 0 Å². The molecular formula is C19H21N3O2S. The predicted octanol–water partition coefficient (Wildman–Crippen LogP) is 3.39. The lowest BCUT2D eigenvalue weighted by Crippen LogP contribution is -2.42. The molecule has 1 aliphatic rings. The first kappa shape index (κ1) is 16.3. The van der Waals surface area contributed by atoms with Crippen molar-refractivity contribution in [1.82, 2.24) is 14.5 Å². The fraction of sp³-hybridized carbons (Fsp3) is 0.368. The SMILES string of the molecule is COCc1cnc2n1CCN(C(=O)Cc1csc3ccccc13)[C@@H]2C. The Morgan fingerprint density at radius 3 is 3.04 bits per heavy atom. The zero-order chi connectivity index (χ0) is 17.4. The Hall–Kier alpha value is -2.18. The maximum absolute atomic E-state index is 12.9. The van der Waals surface area contributed by atoms with Crippen LogP contribution in [-0.4, -0.2) is 34.0 Å². The number of aromatic nitrogens is 2. The molecule has 0 radical (unpaired) electrons. The number of amides is 1. The maximum atomic E-state index is 12.9. The quantitative estimate of drug-likeness (QED) is 0.721. The van der Waals surface area contributed by atoms with Crippen LogP contribution in [-0.2, 0) is 29.1 Å². The van der Waals surface area contributed by atoms with E-state index in [1.165, 1.54) is 10.1 Å². The molecule has 25 heavy (non-hydrogen) atoms. The van der Waals surface area contributed by atoms with Gasteiger partial charge in [-0.2, -0.15) is 0 Å². The second-order valence-electron chi connectivity index (χ2n) is 6.39. The van der Waals surface area contributed by atoms with Gasteiger partial charge >= 0.3 is 0 Å². The van der Waals surface area contributed by atoms with Crippen molar-refractivity contribution in [2.24, 2.45) is 0 Å². The van der Waals surface area contributed by atoms with Crippen LogP contribution in [0.1, 0.15) is 30.0 Å². The summed E-state index contributed by atoms with van der Waals surface area (Å²) in [6, 6.07) is 8.25. The second kappa shape index (κ2) is 6.61. The highest BCUT2D eigenvalue weighted by molar-refractivity contribution is 7.17. The molecule has 6 heteroatoms. The molecule has 5 nitrogen and oxygen atoms in total. The van der Waals surface area contributed by atoms with Crippen LogP contribution in [0.15, 0.2) is 35.8 Å². The topological polar surface area (TPSA) is 47.4 Å². The van der Waals surface area contributed by atoms with Gasteiger partial charge in [0.05, 0.1) is 31.0 Å². The average molecular weight is 355 g/mol. The van der Waals surface area contributed by atoms with Gasteiger partial charge in [0.2, 0.25) is 5.91 Å². The number of fused-ring (bicyclic) bond motifs is 2. The molecule has 0 bridgehead atoms. The molecule has 0 unspecified atom stereocenters. The van der Waals surface area contributed by atoms with E-state index in [-0.39, 0.29) is 11.9 Å². The number of methoxy groups -OCH3 is 1. The molecule has 0 saturated heterocycles. The summed E-state index contributed by atoms with van der Waals surface area (Å²) < 4.78 is 8.64. The van der Waals surface area contributed by atoms with Crippen molar-refractivity contribution in [3.05, 3.63) is 52.9 Å². The zero-order valence-corrected chi connectivity index (χ0v) is 15.3. The van der Waals surface area contributed by atoms with E-state index in [9.17, 15) is 4.79 Å². The second-order valence-corrected chi connectivity index (χ2v) is 7.30. The van der Waals surface area contributed by atoms with Crippen LogP contribution >= 0.6 is 11.3 Å². The average Bonchev–Trinajstić information content (AvgIpc) is 3.21. The molecular weight excluding hydrogens is 334 g/mol. The largest absolute Gasteiger partial charge is 0.378 e. The van der Waals surface area contributed by atoms with Gasteiger partial charge in [0.25, 0.3) is 0 Å². The molecule has 1 amide bonds. The van der Waals surface area contributed by atoms with E-state index in [1.54, 1.807) is 18.4 Å². The summed E-state index contributed by atoms with van der Waals surface area (Å²) in [4.78, 5) is 19.4. The monoisotopic (exact) mass is 355 g/mol. The van der Waals surface area contributed by atoms with Crippen LogP contribution in [0.2, 0.25) is 0 Å². The number of imidazole rings is 1. The Morgan fingerprint density at radius 1 is 1.36 bits per heavy atom. The summed E-state index contributed by atoms with van der Waals surface area (Å²) in [7, 11) is 1.69. The molecule has 1 atom stereocenters. The molecule has 2 aromatic heterocycles.